The fourth-order valence-corrected chi connectivity index (χ4v) is 0.674. The molecule has 0 saturated carbocycles. The van der Waals surface area contributed by atoms with Crippen LogP contribution < -0.4 is 4.89 Å². The molecule has 9 heavy (non-hydrogen) atoms. The average molecular weight is 157 g/mol. The van der Waals surface area contributed by atoms with E-state index in [0.717, 1.165) is 5.75 Å². The van der Waals surface area contributed by atoms with Crippen LogP contribution in [0.15, 0.2) is 30.3 Å². The molecule has 0 spiro atoms. The van der Waals surface area contributed by atoms with Crippen molar-refractivity contribution in [2.75, 3.05) is 0 Å². The van der Waals surface area contributed by atoms with Crippen molar-refractivity contribution < 1.29 is 29.2 Å². The fraction of sp³-hybridized carbons (Fsp3) is 0. The zero-order valence-corrected chi connectivity index (χ0v) is 6.26. The Labute approximate surface area is 65.6 Å². The predicted molar refractivity (Wildman–Crippen MR) is 28.2 cm³/mol. The van der Waals surface area contributed by atoms with Gasteiger partial charge in [0.05, 0.1) is 0 Å². The Bertz CT molecular complexity index is 164. The van der Waals surface area contributed by atoms with Crippen molar-refractivity contribution in [2.45, 2.75) is 0 Å². The van der Waals surface area contributed by atoms with Crippen molar-refractivity contribution in [3.63, 3.8) is 0 Å². The van der Waals surface area contributed by atoms with E-state index in [1.165, 1.54) is 20.8 Å². The summed E-state index contributed by atoms with van der Waals surface area (Å²) < 4.78 is 4.43. The van der Waals surface area contributed by atoms with E-state index in [9.17, 15) is 0 Å². The second kappa shape index (κ2) is 3.67. The average Bonchev–Trinajstić information content (AvgIpc) is 1.91. The fourth-order valence-electron chi connectivity index (χ4n) is 0.524. The van der Waals surface area contributed by atoms with Gasteiger partial charge < -0.3 is 0 Å². The first-order chi connectivity index (χ1) is 4.43. The van der Waals surface area contributed by atoms with Gasteiger partial charge in [0.2, 0.25) is 0 Å². The molecule has 1 rings (SSSR count). The molecule has 45 valence electrons. The molecule has 0 aromatic heterocycles. The normalized spacial score (nSPS) is 8.78. The number of hydrogen-bond acceptors (Lipinski definition) is 2. The predicted octanol–water partition coefficient (Wildman–Crippen LogP) is 1.46. The molecule has 0 aliphatic heterocycles. The summed E-state index contributed by atoms with van der Waals surface area (Å²) in [6.45, 7) is 0. The summed E-state index contributed by atoms with van der Waals surface area (Å²) in [6.07, 6.45) is 0. The van der Waals surface area contributed by atoms with Crippen molar-refractivity contribution in [3.05, 3.63) is 30.3 Å². The summed E-state index contributed by atoms with van der Waals surface area (Å²) in [5, 5.41) is 0. The molecule has 1 aromatic carbocycles. The van der Waals surface area contributed by atoms with E-state index in [0.29, 0.717) is 0 Å². The number of rotatable bonds is 2. The van der Waals surface area contributed by atoms with Crippen molar-refractivity contribution in [1.29, 1.82) is 0 Å². The molecular formula is C6H5O2Ti. The Balaban J connectivity index is 2.61. The Hall–Kier alpha value is -0.306. The molecule has 2 nitrogen and oxygen atoms in total. The van der Waals surface area contributed by atoms with E-state index in [1.54, 1.807) is 0 Å². The maximum absolute atomic E-state index is 4.71. The molecule has 0 heterocycles. The summed E-state index contributed by atoms with van der Waals surface area (Å²) in [5.74, 6) is 0.722. The molecule has 0 bridgehead atoms. The standard InChI is InChI=1S/C6H6O2.Ti/c7-8-6-4-2-1-3-5-6;/h1-5,7H;/q;+1/p-1. The molecule has 0 N–H and O–H groups in total. The molecule has 3 heteroatoms. The molecule has 0 amide bonds. The van der Waals surface area contributed by atoms with Gasteiger partial charge in [-0.15, -0.1) is 0 Å². The minimum absolute atomic E-state index is 0.722. The number of benzene rings is 1. The van der Waals surface area contributed by atoms with E-state index in [-0.39, 0.29) is 0 Å². The van der Waals surface area contributed by atoms with Gasteiger partial charge in [-0.1, -0.05) is 0 Å². The molecule has 0 aliphatic rings. The quantitative estimate of drug-likeness (QED) is 0.367. The molecule has 0 saturated heterocycles. The van der Waals surface area contributed by atoms with Crippen molar-refractivity contribution in [2.24, 2.45) is 0 Å². The minimum atomic E-state index is 0.722. The summed E-state index contributed by atoms with van der Waals surface area (Å²) >= 11 is 1.48. The molecule has 1 aromatic rings. The number of para-hydroxylation sites is 1. The number of hydrogen-bond donors (Lipinski definition) is 0. The molecule has 0 radical (unpaired) electrons. The molecule has 0 atom stereocenters. The third kappa shape index (κ3) is 2.18. The van der Waals surface area contributed by atoms with E-state index in [4.69, 9.17) is 4.89 Å². The van der Waals surface area contributed by atoms with Gasteiger partial charge in [-0.2, -0.15) is 0 Å². The van der Waals surface area contributed by atoms with Gasteiger partial charge >= 0.3 is 65.3 Å². The third-order valence-corrected chi connectivity index (χ3v) is 1.01. The van der Waals surface area contributed by atoms with Crippen LogP contribution >= 0.6 is 0 Å². The van der Waals surface area contributed by atoms with Crippen molar-refractivity contribution in [1.82, 2.24) is 0 Å². The van der Waals surface area contributed by atoms with Gasteiger partial charge in [-0.05, 0) is 0 Å². The van der Waals surface area contributed by atoms with Crippen LogP contribution in [0.1, 0.15) is 0 Å². The topological polar surface area (TPSA) is 18.5 Å². The van der Waals surface area contributed by atoms with E-state index >= 15 is 0 Å². The van der Waals surface area contributed by atoms with E-state index < -0.39 is 0 Å². The first kappa shape index (κ1) is 6.81. The van der Waals surface area contributed by atoms with Gasteiger partial charge in [-0.25, -0.2) is 0 Å². The SMILES string of the molecule is [Ti][O]Oc1ccccc1. The van der Waals surface area contributed by atoms with E-state index in [1.807, 2.05) is 30.3 Å². The Morgan fingerprint density at radius 1 is 1.11 bits per heavy atom. The van der Waals surface area contributed by atoms with Gasteiger partial charge in [0, 0.05) is 0 Å². The Kier molecular flexibility index (Phi) is 2.78. The molecule has 0 unspecified atom stereocenters. The Morgan fingerprint density at radius 2 is 1.78 bits per heavy atom. The zero-order valence-electron chi connectivity index (χ0n) is 4.70. The van der Waals surface area contributed by atoms with Crippen LogP contribution in [0.25, 0.3) is 0 Å². The zero-order chi connectivity index (χ0) is 6.53. The van der Waals surface area contributed by atoms with Crippen LogP contribution in [-0.2, 0) is 24.3 Å². The van der Waals surface area contributed by atoms with Gasteiger partial charge in [-0.3, -0.25) is 0 Å². The second-order valence-corrected chi connectivity index (χ2v) is 1.74. The maximum atomic E-state index is 4.71. The van der Waals surface area contributed by atoms with Crippen molar-refractivity contribution >= 4 is 0 Å². The van der Waals surface area contributed by atoms with Crippen LogP contribution in [0, 0.1) is 0 Å². The van der Waals surface area contributed by atoms with Crippen LogP contribution in [0.5, 0.6) is 5.75 Å². The summed E-state index contributed by atoms with van der Waals surface area (Å²) in [6, 6.07) is 9.33. The monoisotopic (exact) mass is 157 g/mol. The van der Waals surface area contributed by atoms with Gasteiger partial charge in [0.15, 0.2) is 0 Å². The van der Waals surface area contributed by atoms with Crippen LogP contribution in [0.4, 0.5) is 0 Å². The van der Waals surface area contributed by atoms with Gasteiger partial charge in [0.25, 0.3) is 0 Å². The van der Waals surface area contributed by atoms with Crippen LogP contribution in [0.3, 0.4) is 0 Å². The third-order valence-electron chi connectivity index (χ3n) is 0.881. The summed E-state index contributed by atoms with van der Waals surface area (Å²) in [4.78, 5) is 4.71. The van der Waals surface area contributed by atoms with Crippen LogP contribution in [-0.4, -0.2) is 0 Å². The van der Waals surface area contributed by atoms with Crippen molar-refractivity contribution in [3.8, 4) is 5.75 Å². The Morgan fingerprint density at radius 3 is 2.33 bits per heavy atom. The van der Waals surface area contributed by atoms with Crippen LogP contribution in [0.2, 0.25) is 0 Å². The molecule has 0 fully saturated rings. The van der Waals surface area contributed by atoms with Gasteiger partial charge in [0.1, 0.15) is 0 Å². The molecule has 0 aliphatic carbocycles. The molecular weight excluding hydrogens is 152 g/mol. The summed E-state index contributed by atoms with van der Waals surface area (Å²) in [5.41, 5.74) is 0. The van der Waals surface area contributed by atoms with E-state index in [2.05, 4.69) is 3.47 Å². The first-order valence-corrected chi connectivity index (χ1v) is 3.12. The second-order valence-electron chi connectivity index (χ2n) is 1.48. The first-order valence-electron chi connectivity index (χ1n) is 2.49. The summed E-state index contributed by atoms with van der Waals surface area (Å²) in [7, 11) is 0.